The Morgan fingerprint density at radius 2 is 1.96 bits per heavy atom. The number of carbonyl (C=O) groups is 1. The summed E-state index contributed by atoms with van der Waals surface area (Å²) < 4.78 is 32.7. The Kier molecular flexibility index (Phi) is 5.86. The van der Waals surface area contributed by atoms with E-state index in [-0.39, 0.29) is 12.6 Å². The zero-order valence-corrected chi connectivity index (χ0v) is 14.9. The average Bonchev–Trinajstić information content (AvgIpc) is 3.04. The summed E-state index contributed by atoms with van der Waals surface area (Å²) >= 11 is 0. The van der Waals surface area contributed by atoms with E-state index in [1.165, 1.54) is 22.4 Å². The van der Waals surface area contributed by atoms with Gasteiger partial charge in [0.2, 0.25) is 15.9 Å². The fourth-order valence-corrected chi connectivity index (χ4v) is 4.88. The van der Waals surface area contributed by atoms with Gasteiger partial charge in [0.25, 0.3) is 0 Å². The Bertz CT molecular complexity index is 604. The number of nitrogens with zero attached hydrogens (tertiary/aromatic N) is 2. The highest BCUT2D eigenvalue weighted by atomic mass is 32.2. The largest absolute Gasteiger partial charge is 0.472 e. The third kappa shape index (κ3) is 4.14. The first-order chi connectivity index (χ1) is 10.8. The number of carbonyl (C=O) groups excluding carboxylic acids is 1. The smallest absolute Gasteiger partial charge is 0.241 e. The van der Waals surface area contributed by atoms with Crippen molar-refractivity contribution in [1.82, 2.24) is 9.21 Å². The molecule has 0 N–H and O–H groups in total. The van der Waals surface area contributed by atoms with Crippen molar-refractivity contribution in [2.75, 3.05) is 14.1 Å². The predicted octanol–water partition coefficient (Wildman–Crippen LogP) is 2.22. The Hall–Kier alpha value is -1.34. The van der Waals surface area contributed by atoms with Crippen LogP contribution in [-0.4, -0.2) is 48.9 Å². The molecule has 1 saturated carbocycles. The molecule has 1 amide bonds. The van der Waals surface area contributed by atoms with Gasteiger partial charge in [0.1, 0.15) is 0 Å². The van der Waals surface area contributed by atoms with E-state index in [2.05, 4.69) is 0 Å². The number of hydrogen-bond donors (Lipinski definition) is 0. The monoisotopic (exact) mass is 342 g/mol. The molecular formula is C16H26N2O4S. The van der Waals surface area contributed by atoms with E-state index in [4.69, 9.17) is 4.42 Å². The minimum Gasteiger partial charge on any atom is -0.472 e. The first-order valence-corrected chi connectivity index (χ1v) is 9.57. The van der Waals surface area contributed by atoms with E-state index in [1.807, 2.05) is 0 Å². The van der Waals surface area contributed by atoms with Gasteiger partial charge < -0.3 is 9.32 Å². The summed E-state index contributed by atoms with van der Waals surface area (Å²) in [6.07, 6.45) is 7.98. The van der Waals surface area contributed by atoms with Gasteiger partial charge >= 0.3 is 0 Å². The maximum atomic E-state index is 13.0. The molecule has 1 unspecified atom stereocenters. The van der Waals surface area contributed by atoms with Crippen LogP contribution in [0.2, 0.25) is 0 Å². The number of furan rings is 1. The van der Waals surface area contributed by atoms with Crippen LogP contribution in [-0.2, 0) is 21.4 Å². The zero-order valence-electron chi connectivity index (χ0n) is 14.1. The van der Waals surface area contributed by atoms with Crippen molar-refractivity contribution in [3.8, 4) is 0 Å². The first kappa shape index (κ1) is 18.0. The van der Waals surface area contributed by atoms with Gasteiger partial charge in [-0.1, -0.05) is 19.3 Å². The Labute approximate surface area is 138 Å². The lowest BCUT2D eigenvalue weighted by Crippen LogP contribution is -2.49. The van der Waals surface area contributed by atoms with Gasteiger partial charge in [-0.05, 0) is 25.8 Å². The maximum Gasteiger partial charge on any atom is 0.241 e. The van der Waals surface area contributed by atoms with Crippen molar-refractivity contribution >= 4 is 15.9 Å². The molecule has 0 aromatic carbocycles. The number of hydrogen-bond acceptors (Lipinski definition) is 4. The lowest BCUT2D eigenvalue weighted by Gasteiger charge is -2.35. The summed E-state index contributed by atoms with van der Waals surface area (Å²) in [4.78, 5) is 13.5. The molecule has 1 heterocycles. The fourth-order valence-electron chi connectivity index (χ4n) is 3.05. The molecule has 0 spiro atoms. The highest BCUT2D eigenvalue weighted by Crippen LogP contribution is 2.28. The molecule has 0 radical (unpaired) electrons. The molecule has 1 aliphatic rings. The van der Waals surface area contributed by atoms with Crippen molar-refractivity contribution in [3.63, 3.8) is 0 Å². The zero-order chi connectivity index (χ0) is 17.0. The minimum atomic E-state index is -3.72. The van der Waals surface area contributed by atoms with Gasteiger partial charge in [-0.25, -0.2) is 8.42 Å². The lowest BCUT2D eigenvalue weighted by atomic mass is 9.95. The summed E-state index contributed by atoms with van der Waals surface area (Å²) in [5, 5.41) is -1.08. The molecule has 2 rings (SSSR count). The van der Waals surface area contributed by atoms with Gasteiger partial charge in [0, 0.05) is 32.2 Å². The van der Waals surface area contributed by atoms with Crippen LogP contribution >= 0.6 is 0 Å². The maximum absolute atomic E-state index is 13.0. The van der Waals surface area contributed by atoms with Crippen LogP contribution in [0.5, 0.6) is 0 Å². The molecule has 1 aliphatic carbocycles. The van der Waals surface area contributed by atoms with Crippen molar-refractivity contribution in [3.05, 3.63) is 24.2 Å². The molecule has 0 bridgehead atoms. The fraction of sp³-hybridized carbons (Fsp3) is 0.688. The minimum absolute atomic E-state index is 0.0407. The average molecular weight is 342 g/mol. The Morgan fingerprint density at radius 1 is 1.30 bits per heavy atom. The van der Waals surface area contributed by atoms with Gasteiger partial charge in [-0.2, -0.15) is 4.31 Å². The molecule has 0 aliphatic heterocycles. The third-order valence-corrected chi connectivity index (χ3v) is 6.64. The molecule has 6 nitrogen and oxygen atoms in total. The van der Waals surface area contributed by atoms with Crippen LogP contribution < -0.4 is 0 Å². The molecule has 23 heavy (non-hydrogen) atoms. The Balaban J connectivity index is 2.28. The quantitative estimate of drug-likeness (QED) is 0.795. The standard InChI is InChI=1S/C16H26N2O4S/c1-13(16(19)17(2)3)23(20,21)18(11-14-9-10-22-12-14)15-7-5-4-6-8-15/h9-10,12-13,15H,4-8,11H2,1-3H3. The van der Waals surface area contributed by atoms with Gasteiger partial charge in [-0.3, -0.25) is 4.79 Å². The van der Waals surface area contributed by atoms with Gasteiger partial charge in [0.15, 0.2) is 5.25 Å². The summed E-state index contributed by atoms with van der Waals surface area (Å²) in [5.74, 6) is -0.391. The van der Waals surface area contributed by atoms with Gasteiger partial charge in [-0.15, -0.1) is 0 Å². The summed E-state index contributed by atoms with van der Waals surface area (Å²) in [6, 6.07) is 1.73. The lowest BCUT2D eigenvalue weighted by molar-refractivity contribution is -0.128. The second-order valence-corrected chi connectivity index (χ2v) is 8.59. The molecule has 1 atom stereocenters. The van der Waals surface area contributed by atoms with E-state index in [0.29, 0.717) is 0 Å². The highest BCUT2D eigenvalue weighted by Gasteiger charge is 2.38. The van der Waals surface area contributed by atoms with Crippen molar-refractivity contribution in [1.29, 1.82) is 0 Å². The van der Waals surface area contributed by atoms with Crippen molar-refractivity contribution < 1.29 is 17.6 Å². The second kappa shape index (κ2) is 7.49. The van der Waals surface area contributed by atoms with E-state index < -0.39 is 21.2 Å². The van der Waals surface area contributed by atoms with Crippen LogP contribution in [0.4, 0.5) is 0 Å². The van der Waals surface area contributed by atoms with E-state index >= 15 is 0 Å². The SMILES string of the molecule is CC(C(=O)N(C)C)S(=O)(=O)N(Cc1ccoc1)C1CCCCC1. The summed E-state index contributed by atoms with van der Waals surface area (Å²) in [7, 11) is -0.563. The van der Waals surface area contributed by atoms with Crippen molar-refractivity contribution in [2.45, 2.75) is 56.9 Å². The number of amides is 1. The van der Waals surface area contributed by atoms with Crippen LogP contribution in [0.3, 0.4) is 0 Å². The second-order valence-electron chi connectivity index (χ2n) is 6.39. The number of sulfonamides is 1. The van der Waals surface area contributed by atoms with Crippen LogP contribution in [0.1, 0.15) is 44.6 Å². The van der Waals surface area contributed by atoms with E-state index in [1.54, 1.807) is 26.4 Å². The normalized spacial score (nSPS) is 18.1. The topological polar surface area (TPSA) is 70.8 Å². The molecule has 1 aromatic heterocycles. The summed E-state index contributed by atoms with van der Waals surface area (Å²) in [6.45, 7) is 1.73. The molecular weight excluding hydrogens is 316 g/mol. The molecule has 1 aromatic rings. The van der Waals surface area contributed by atoms with E-state index in [9.17, 15) is 13.2 Å². The summed E-state index contributed by atoms with van der Waals surface area (Å²) in [5.41, 5.74) is 0.809. The molecule has 7 heteroatoms. The van der Waals surface area contributed by atoms with Crippen LogP contribution in [0, 0.1) is 0 Å². The highest BCUT2D eigenvalue weighted by molar-refractivity contribution is 7.90. The van der Waals surface area contributed by atoms with Crippen molar-refractivity contribution in [2.24, 2.45) is 0 Å². The van der Waals surface area contributed by atoms with E-state index in [0.717, 1.165) is 37.7 Å². The predicted molar refractivity (Wildman–Crippen MR) is 88.2 cm³/mol. The Morgan fingerprint density at radius 3 is 2.48 bits per heavy atom. The third-order valence-electron chi connectivity index (χ3n) is 4.46. The first-order valence-electron chi connectivity index (χ1n) is 8.07. The molecule has 0 saturated heterocycles. The molecule has 1 fully saturated rings. The number of rotatable bonds is 6. The molecule has 130 valence electrons. The van der Waals surface area contributed by atoms with Gasteiger partial charge in [0.05, 0.1) is 12.5 Å². The van der Waals surface area contributed by atoms with Crippen LogP contribution in [0.15, 0.2) is 23.0 Å². The van der Waals surface area contributed by atoms with Crippen LogP contribution in [0.25, 0.3) is 0 Å².